The van der Waals surface area contributed by atoms with Crippen molar-refractivity contribution in [2.24, 2.45) is 28.1 Å². The highest BCUT2D eigenvalue weighted by molar-refractivity contribution is 6.01. The number of hydrogen-bond donors (Lipinski definition) is 3. The van der Waals surface area contributed by atoms with Crippen LogP contribution in [-0.4, -0.2) is 23.5 Å². The van der Waals surface area contributed by atoms with Crippen molar-refractivity contribution in [1.29, 1.82) is 0 Å². The summed E-state index contributed by atoms with van der Waals surface area (Å²) in [6, 6.07) is 0. The van der Waals surface area contributed by atoms with Crippen LogP contribution < -0.4 is 11.1 Å². The zero-order valence-electron chi connectivity index (χ0n) is 11.4. The van der Waals surface area contributed by atoms with Gasteiger partial charge in [-0.05, 0) is 17.8 Å². The maximum absolute atomic E-state index is 11.8. The lowest BCUT2D eigenvalue weighted by atomic mass is 9.82. The average molecular weight is 243 g/mol. The molecule has 0 aliphatic rings. The summed E-state index contributed by atoms with van der Waals surface area (Å²) in [4.78, 5) is 11.8. The van der Waals surface area contributed by atoms with E-state index >= 15 is 0 Å². The molecule has 0 bridgehead atoms. The number of nitrogens with one attached hydrogen (secondary N) is 1. The summed E-state index contributed by atoms with van der Waals surface area (Å²) in [7, 11) is 0. The number of carbonyl (C=O) groups is 1. The fourth-order valence-corrected chi connectivity index (χ4v) is 1.28. The molecule has 5 nitrogen and oxygen atoms in total. The predicted octanol–water partition coefficient (Wildman–Crippen LogP) is 1.56. The molecule has 0 radical (unpaired) electrons. The topological polar surface area (TPSA) is 87.7 Å². The van der Waals surface area contributed by atoms with Crippen LogP contribution in [-0.2, 0) is 4.79 Å². The van der Waals surface area contributed by atoms with E-state index in [1.807, 2.05) is 6.92 Å². The van der Waals surface area contributed by atoms with Gasteiger partial charge in [0.15, 0.2) is 5.84 Å². The van der Waals surface area contributed by atoms with Gasteiger partial charge in [0.25, 0.3) is 0 Å². The quantitative estimate of drug-likeness (QED) is 0.296. The molecule has 0 aromatic rings. The normalized spacial score (nSPS) is 16.4. The number of nitrogens with zero attached hydrogens (tertiary/aromatic N) is 1. The fraction of sp³-hybridized carbons (Fsp3) is 0.833. The Morgan fingerprint density at radius 2 is 2.00 bits per heavy atom. The minimum atomic E-state index is -0.549. The second-order valence-corrected chi connectivity index (χ2v) is 5.50. The van der Waals surface area contributed by atoms with Crippen LogP contribution in [0, 0.1) is 17.3 Å². The Hall–Kier alpha value is -1.26. The Kier molecular flexibility index (Phi) is 5.99. The molecule has 0 spiro atoms. The number of carbonyl (C=O) groups excluding carboxylic acids is 1. The van der Waals surface area contributed by atoms with Crippen molar-refractivity contribution in [2.75, 3.05) is 6.54 Å². The second-order valence-electron chi connectivity index (χ2n) is 5.50. The van der Waals surface area contributed by atoms with Crippen molar-refractivity contribution in [3.05, 3.63) is 0 Å². The number of hydrogen-bond acceptors (Lipinski definition) is 3. The molecule has 100 valence electrons. The summed E-state index contributed by atoms with van der Waals surface area (Å²) in [5, 5.41) is 14.3. The molecule has 0 aliphatic heterocycles. The molecule has 2 atom stereocenters. The van der Waals surface area contributed by atoms with Crippen LogP contribution in [0.2, 0.25) is 0 Å². The van der Waals surface area contributed by atoms with Crippen LogP contribution in [0.4, 0.5) is 0 Å². The zero-order valence-corrected chi connectivity index (χ0v) is 11.4. The zero-order chi connectivity index (χ0) is 13.6. The summed E-state index contributed by atoms with van der Waals surface area (Å²) >= 11 is 0. The van der Waals surface area contributed by atoms with Gasteiger partial charge >= 0.3 is 0 Å². The maximum Gasteiger partial charge on any atom is 0.230 e. The second kappa shape index (κ2) is 6.47. The van der Waals surface area contributed by atoms with Gasteiger partial charge in [-0.15, -0.1) is 0 Å². The molecule has 0 saturated carbocycles. The Labute approximate surface area is 103 Å². The Morgan fingerprint density at radius 1 is 1.47 bits per heavy atom. The van der Waals surface area contributed by atoms with Crippen LogP contribution in [0.3, 0.4) is 0 Å². The van der Waals surface area contributed by atoms with Crippen LogP contribution in [0.5, 0.6) is 0 Å². The molecule has 5 heteroatoms. The largest absolute Gasteiger partial charge is 0.409 e. The van der Waals surface area contributed by atoms with Gasteiger partial charge in [-0.25, -0.2) is 0 Å². The van der Waals surface area contributed by atoms with Gasteiger partial charge in [-0.3, -0.25) is 4.79 Å². The van der Waals surface area contributed by atoms with Gasteiger partial charge in [0.05, 0.1) is 5.92 Å². The van der Waals surface area contributed by atoms with E-state index in [4.69, 9.17) is 10.9 Å². The first kappa shape index (κ1) is 15.7. The van der Waals surface area contributed by atoms with Crippen molar-refractivity contribution >= 4 is 11.7 Å². The average Bonchev–Trinajstić information content (AvgIpc) is 2.25. The van der Waals surface area contributed by atoms with E-state index in [1.54, 1.807) is 0 Å². The Balaban J connectivity index is 4.36. The number of amidine groups is 1. The van der Waals surface area contributed by atoms with Gasteiger partial charge in [-0.1, -0.05) is 39.8 Å². The number of nitrogens with two attached hydrogens (primary N) is 1. The monoisotopic (exact) mass is 243 g/mol. The highest BCUT2D eigenvalue weighted by Crippen LogP contribution is 2.24. The van der Waals surface area contributed by atoms with E-state index in [1.165, 1.54) is 0 Å². The van der Waals surface area contributed by atoms with E-state index < -0.39 is 5.92 Å². The van der Waals surface area contributed by atoms with Gasteiger partial charge < -0.3 is 16.3 Å². The molecule has 0 aromatic heterocycles. The van der Waals surface area contributed by atoms with Crippen molar-refractivity contribution in [3.8, 4) is 0 Å². The highest BCUT2D eigenvalue weighted by atomic mass is 16.4. The molecule has 0 saturated heterocycles. The van der Waals surface area contributed by atoms with Gasteiger partial charge in [0.1, 0.15) is 0 Å². The highest BCUT2D eigenvalue weighted by Gasteiger charge is 2.24. The molecule has 0 aliphatic carbocycles. The van der Waals surface area contributed by atoms with E-state index in [0.29, 0.717) is 18.9 Å². The molecule has 0 rings (SSSR count). The first-order valence-corrected chi connectivity index (χ1v) is 5.99. The molecule has 0 aromatic carbocycles. The number of rotatable bonds is 5. The van der Waals surface area contributed by atoms with Gasteiger partial charge in [0.2, 0.25) is 5.91 Å². The molecule has 0 fully saturated rings. The van der Waals surface area contributed by atoms with Crippen molar-refractivity contribution in [3.63, 3.8) is 0 Å². The number of amides is 1. The van der Waals surface area contributed by atoms with E-state index in [0.717, 1.165) is 0 Å². The van der Waals surface area contributed by atoms with Crippen molar-refractivity contribution < 1.29 is 10.0 Å². The standard InChI is InChI=1S/C12H25N3O2/c1-6-9(10(13)15-17)11(16)14-7-8(2)12(3,4)5/h8-9,17H,6-7H2,1-5H3,(H2,13,15)(H,14,16). The summed E-state index contributed by atoms with van der Waals surface area (Å²) in [5.74, 6) is -0.407. The summed E-state index contributed by atoms with van der Waals surface area (Å²) in [6.07, 6.45) is 0.519. The number of oxime groups is 1. The molecular formula is C12H25N3O2. The SMILES string of the molecule is CCC(C(=O)NCC(C)C(C)(C)C)C(N)=NO. The Morgan fingerprint density at radius 3 is 2.35 bits per heavy atom. The third-order valence-corrected chi connectivity index (χ3v) is 3.26. The lowest BCUT2D eigenvalue weighted by Crippen LogP contribution is -2.41. The van der Waals surface area contributed by atoms with Crippen molar-refractivity contribution in [1.82, 2.24) is 5.32 Å². The Bertz CT molecular complexity index is 282. The fourth-order valence-electron chi connectivity index (χ4n) is 1.28. The van der Waals surface area contributed by atoms with Gasteiger partial charge in [-0.2, -0.15) is 0 Å². The van der Waals surface area contributed by atoms with Crippen LogP contribution in [0.15, 0.2) is 5.16 Å². The predicted molar refractivity (Wildman–Crippen MR) is 68.8 cm³/mol. The minimum Gasteiger partial charge on any atom is -0.409 e. The summed E-state index contributed by atoms with van der Waals surface area (Å²) < 4.78 is 0. The smallest absolute Gasteiger partial charge is 0.230 e. The maximum atomic E-state index is 11.8. The molecule has 4 N–H and O–H groups in total. The van der Waals surface area contributed by atoms with Crippen LogP contribution in [0.25, 0.3) is 0 Å². The van der Waals surface area contributed by atoms with Crippen LogP contribution in [0.1, 0.15) is 41.0 Å². The molecule has 2 unspecified atom stereocenters. The minimum absolute atomic E-state index is 0.0339. The van der Waals surface area contributed by atoms with Crippen molar-refractivity contribution in [2.45, 2.75) is 41.0 Å². The molecule has 1 amide bonds. The first-order chi connectivity index (χ1) is 7.73. The molecular weight excluding hydrogens is 218 g/mol. The lowest BCUT2D eigenvalue weighted by Gasteiger charge is -2.28. The summed E-state index contributed by atoms with van der Waals surface area (Å²) in [5.41, 5.74) is 5.60. The first-order valence-electron chi connectivity index (χ1n) is 5.99. The van der Waals surface area contributed by atoms with E-state index in [-0.39, 0.29) is 17.2 Å². The molecule has 0 heterocycles. The van der Waals surface area contributed by atoms with Crippen LogP contribution >= 0.6 is 0 Å². The lowest BCUT2D eigenvalue weighted by molar-refractivity contribution is -0.123. The summed E-state index contributed by atoms with van der Waals surface area (Å²) in [6.45, 7) is 10.9. The van der Waals surface area contributed by atoms with Gasteiger partial charge in [0, 0.05) is 6.54 Å². The van der Waals surface area contributed by atoms with E-state index in [2.05, 4.69) is 38.2 Å². The third kappa shape index (κ3) is 5.06. The third-order valence-electron chi connectivity index (χ3n) is 3.26. The molecule has 17 heavy (non-hydrogen) atoms. The van der Waals surface area contributed by atoms with E-state index in [9.17, 15) is 4.79 Å².